The zero-order valence-corrected chi connectivity index (χ0v) is 9.98. The molecule has 1 aliphatic heterocycles. The maximum Gasteiger partial charge on any atom is 0.163 e. The van der Waals surface area contributed by atoms with E-state index in [9.17, 15) is 0 Å². The summed E-state index contributed by atoms with van der Waals surface area (Å²) in [5.74, 6) is 1.63. The Morgan fingerprint density at radius 1 is 1.17 bits per heavy atom. The van der Waals surface area contributed by atoms with Crippen molar-refractivity contribution in [1.82, 2.24) is 10.2 Å². The molecular formula is C13H15N3O2. The Morgan fingerprint density at radius 2 is 2.06 bits per heavy atom. The minimum Gasteiger partial charge on any atom is -0.490 e. The molecule has 2 aromatic rings. The third kappa shape index (κ3) is 2.40. The fraction of sp³-hybridized carbons (Fsp3) is 0.308. The number of aromatic amines is 1. The molecule has 0 amide bonds. The summed E-state index contributed by atoms with van der Waals surface area (Å²) in [5.41, 5.74) is 2.05. The number of aromatic nitrogens is 2. The predicted octanol–water partition coefficient (Wildman–Crippen LogP) is 2.18. The van der Waals surface area contributed by atoms with Gasteiger partial charge in [-0.15, -0.1) is 0 Å². The number of H-pyrrole nitrogens is 1. The van der Waals surface area contributed by atoms with Crippen LogP contribution in [0.25, 0.3) is 0 Å². The van der Waals surface area contributed by atoms with Crippen molar-refractivity contribution in [1.29, 1.82) is 0 Å². The van der Waals surface area contributed by atoms with E-state index in [1.165, 1.54) is 0 Å². The summed E-state index contributed by atoms with van der Waals surface area (Å²) < 4.78 is 11.2. The number of anilines is 1. The van der Waals surface area contributed by atoms with Crippen LogP contribution >= 0.6 is 0 Å². The van der Waals surface area contributed by atoms with E-state index in [1.54, 1.807) is 6.20 Å². The zero-order chi connectivity index (χ0) is 12.2. The Hall–Kier alpha value is -2.17. The first kappa shape index (κ1) is 11.0. The predicted molar refractivity (Wildman–Crippen MR) is 68.0 cm³/mol. The van der Waals surface area contributed by atoms with Gasteiger partial charge in [0.05, 0.1) is 25.5 Å². The molecule has 0 radical (unpaired) electrons. The smallest absolute Gasteiger partial charge is 0.163 e. The maximum absolute atomic E-state index is 5.64. The van der Waals surface area contributed by atoms with Gasteiger partial charge in [0.15, 0.2) is 11.5 Å². The van der Waals surface area contributed by atoms with Gasteiger partial charge < -0.3 is 14.8 Å². The quantitative estimate of drug-likeness (QED) is 0.870. The molecule has 2 N–H and O–H groups in total. The topological polar surface area (TPSA) is 59.2 Å². The van der Waals surface area contributed by atoms with Crippen LogP contribution in [0.3, 0.4) is 0 Å². The highest BCUT2D eigenvalue weighted by Gasteiger charge is 2.10. The molecule has 3 rings (SSSR count). The number of hydrogen-bond acceptors (Lipinski definition) is 4. The van der Waals surface area contributed by atoms with Gasteiger partial charge in [0.25, 0.3) is 0 Å². The SMILES string of the molecule is c1cc(CNc2ccc3c(c2)OCCCO3)[nH]n1. The Bertz CT molecular complexity index is 511. The van der Waals surface area contributed by atoms with Crippen LogP contribution in [0.2, 0.25) is 0 Å². The molecule has 2 heterocycles. The van der Waals surface area contributed by atoms with Crippen LogP contribution in [-0.2, 0) is 6.54 Å². The summed E-state index contributed by atoms with van der Waals surface area (Å²) in [6.07, 6.45) is 2.66. The largest absolute Gasteiger partial charge is 0.490 e. The Morgan fingerprint density at radius 3 is 2.89 bits per heavy atom. The second kappa shape index (κ2) is 5.00. The van der Waals surface area contributed by atoms with E-state index in [0.29, 0.717) is 19.8 Å². The first-order valence-corrected chi connectivity index (χ1v) is 6.03. The van der Waals surface area contributed by atoms with E-state index in [4.69, 9.17) is 9.47 Å². The van der Waals surface area contributed by atoms with E-state index >= 15 is 0 Å². The van der Waals surface area contributed by atoms with E-state index in [2.05, 4.69) is 15.5 Å². The highest BCUT2D eigenvalue weighted by molar-refractivity contribution is 5.55. The number of rotatable bonds is 3. The highest BCUT2D eigenvalue weighted by atomic mass is 16.5. The average molecular weight is 245 g/mol. The Balaban J connectivity index is 1.71. The molecular weight excluding hydrogens is 230 g/mol. The second-order valence-electron chi connectivity index (χ2n) is 4.15. The van der Waals surface area contributed by atoms with Gasteiger partial charge in [0.1, 0.15) is 0 Å². The number of hydrogen-bond donors (Lipinski definition) is 2. The summed E-state index contributed by atoms with van der Waals surface area (Å²) in [5, 5.41) is 10.1. The van der Waals surface area contributed by atoms with Crippen LogP contribution in [0, 0.1) is 0 Å². The van der Waals surface area contributed by atoms with E-state index in [1.807, 2.05) is 24.3 Å². The third-order valence-corrected chi connectivity index (χ3v) is 2.79. The lowest BCUT2D eigenvalue weighted by atomic mass is 10.2. The maximum atomic E-state index is 5.64. The van der Waals surface area contributed by atoms with Gasteiger partial charge in [-0.05, 0) is 18.2 Å². The van der Waals surface area contributed by atoms with Crippen molar-refractivity contribution in [3.8, 4) is 11.5 Å². The van der Waals surface area contributed by atoms with E-state index < -0.39 is 0 Å². The molecule has 94 valence electrons. The van der Waals surface area contributed by atoms with Crippen molar-refractivity contribution in [3.05, 3.63) is 36.2 Å². The fourth-order valence-electron chi connectivity index (χ4n) is 1.85. The van der Waals surface area contributed by atoms with Crippen LogP contribution in [0.5, 0.6) is 11.5 Å². The van der Waals surface area contributed by atoms with Gasteiger partial charge in [-0.1, -0.05) is 0 Å². The molecule has 18 heavy (non-hydrogen) atoms. The first-order valence-electron chi connectivity index (χ1n) is 6.03. The number of ether oxygens (including phenoxy) is 2. The molecule has 0 atom stereocenters. The fourth-order valence-corrected chi connectivity index (χ4v) is 1.85. The minimum absolute atomic E-state index is 0.705. The molecule has 0 aliphatic carbocycles. The number of nitrogens with one attached hydrogen (secondary N) is 2. The molecule has 0 fully saturated rings. The number of nitrogens with zero attached hydrogens (tertiary/aromatic N) is 1. The van der Waals surface area contributed by atoms with E-state index in [0.717, 1.165) is 29.3 Å². The summed E-state index contributed by atoms with van der Waals surface area (Å²) in [7, 11) is 0. The second-order valence-corrected chi connectivity index (χ2v) is 4.15. The monoisotopic (exact) mass is 245 g/mol. The van der Waals surface area contributed by atoms with Crippen LogP contribution < -0.4 is 14.8 Å². The first-order chi connectivity index (χ1) is 8.92. The van der Waals surface area contributed by atoms with Crippen molar-refractivity contribution in [2.75, 3.05) is 18.5 Å². The Labute approximate surface area is 105 Å². The average Bonchev–Trinajstić information content (AvgIpc) is 2.80. The van der Waals surface area contributed by atoms with Crippen molar-refractivity contribution >= 4 is 5.69 Å². The van der Waals surface area contributed by atoms with Crippen molar-refractivity contribution in [2.45, 2.75) is 13.0 Å². The minimum atomic E-state index is 0.705. The van der Waals surface area contributed by atoms with Crippen LogP contribution in [-0.4, -0.2) is 23.4 Å². The van der Waals surface area contributed by atoms with Crippen LogP contribution in [0.15, 0.2) is 30.5 Å². The lowest BCUT2D eigenvalue weighted by Gasteiger charge is -2.10. The Kier molecular flexibility index (Phi) is 3.04. The van der Waals surface area contributed by atoms with Gasteiger partial charge >= 0.3 is 0 Å². The molecule has 1 aromatic heterocycles. The summed E-state index contributed by atoms with van der Waals surface area (Å²) >= 11 is 0. The van der Waals surface area contributed by atoms with Gasteiger partial charge in [0.2, 0.25) is 0 Å². The third-order valence-electron chi connectivity index (χ3n) is 2.79. The number of fused-ring (bicyclic) bond motifs is 1. The molecule has 0 bridgehead atoms. The molecule has 5 nitrogen and oxygen atoms in total. The molecule has 1 aromatic carbocycles. The van der Waals surface area contributed by atoms with Crippen LogP contribution in [0.1, 0.15) is 12.1 Å². The standard InChI is InChI=1S/C13H15N3O2/c1-6-17-12-3-2-10(8-13(12)18-7-1)14-9-11-4-5-15-16-11/h2-5,8,14H,1,6-7,9H2,(H,15,16). The van der Waals surface area contributed by atoms with Gasteiger partial charge in [-0.2, -0.15) is 5.10 Å². The summed E-state index contributed by atoms with van der Waals surface area (Å²) in [4.78, 5) is 0. The van der Waals surface area contributed by atoms with E-state index in [-0.39, 0.29) is 0 Å². The van der Waals surface area contributed by atoms with Gasteiger partial charge in [-0.25, -0.2) is 0 Å². The number of benzene rings is 1. The lowest BCUT2D eigenvalue weighted by molar-refractivity contribution is 0.297. The molecule has 0 spiro atoms. The van der Waals surface area contributed by atoms with Crippen molar-refractivity contribution in [2.24, 2.45) is 0 Å². The summed E-state index contributed by atoms with van der Waals surface area (Å²) in [6.45, 7) is 2.13. The van der Waals surface area contributed by atoms with Gasteiger partial charge in [0, 0.05) is 24.4 Å². The highest BCUT2D eigenvalue weighted by Crippen LogP contribution is 2.32. The molecule has 1 aliphatic rings. The van der Waals surface area contributed by atoms with Crippen LogP contribution in [0.4, 0.5) is 5.69 Å². The molecule has 0 unspecified atom stereocenters. The normalized spacial score (nSPS) is 14.0. The zero-order valence-electron chi connectivity index (χ0n) is 9.98. The summed E-state index contributed by atoms with van der Waals surface area (Å²) in [6, 6.07) is 7.84. The molecule has 5 heteroatoms. The van der Waals surface area contributed by atoms with Crippen molar-refractivity contribution in [3.63, 3.8) is 0 Å². The van der Waals surface area contributed by atoms with Gasteiger partial charge in [-0.3, -0.25) is 5.10 Å². The van der Waals surface area contributed by atoms with Crippen molar-refractivity contribution < 1.29 is 9.47 Å². The lowest BCUT2D eigenvalue weighted by Crippen LogP contribution is -2.00. The molecule has 0 saturated heterocycles. The molecule has 0 saturated carbocycles.